The van der Waals surface area contributed by atoms with E-state index in [1.54, 1.807) is 0 Å². The predicted octanol–water partition coefficient (Wildman–Crippen LogP) is 4.11. The van der Waals surface area contributed by atoms with E-state index in [1.807, 2.05) is 105 Å². The highest BCUT2D eigenvalue weighted by molar-refractivity contribution is 5.94. The second kappa shape index (κ2) is 15.2. The summed E-state index contributed by atoms with van der Waals surface area (Å²) in [5.74, 6) is -1.00. The van der Waals surface area contributed by atoms with E-state index in [-0.39, 0.29) is 43.3 Å². The summed E-state index contributed by atoms with van der Waals surface area (Å²) in [5.41, 5.74) is 3.61. The number of nitrogens with one attached hydrogen (secondary N) is 4. The number of nitrogens with zero attached hydrogens (tertiary/aromatic N) is 1. The molecular weight excluding hydrogens is 582 g/mol. The van der Waals surface area contributed by atoms with Gasteiger partial charge in [0.15, 0.2) is 0 Å². The van der Waals surface area contributed by atoms with Crippen molar-refractivity contribution in [3.8, 4) is 0 Å². The van der Waals surface area contributed by atoms with Crippen LogP contribution in [0.1, 0.15) is 37.0 Å². The Kier molecular flexibility index (Phi) is 10.7. The molecule has 3 atom stereocenters. The molecular formula is C36H41N5O5. The maximum atomic E-state index is 13.9. The first-order valence-corrected chi connectivity index (χ1v) is 15.7. The van der Waals surface area contributed by atoms with Crippen molar-refractivity contribution >= 4 is 34.7 Å². The monoisotopic (exact) mass is 623 g/mol. The van der Waals surface area contributed by atoms with Gasteiger partial charge in [-0.3, -0.25) is 14.4 Å². The number of piperazine rings is 1. The van der Waals surface area contributed by atoms with Crippen molar-refractivity contribution in [2.24, 2.45) is 5.92 Å². The molecule has 0 saturated carbocycles. The van der Waals surface area contributed by atoms with Gasteiger partial charge < -0.3 is 30.6 Å². The minimum Gasteiger partial charge on any atom is -0.445 e. The van der Waals surface area contributed by atoms with Crippen LogP contribution in [0.4, 0.5) is 4.79 Å². The van der Waals surface area contributed by atoms with E-state index in [4.69, 9.17) is 4.74 Å². The molecule has 1 aliphatic rings. The first kappa shape index (κ1) is 32.3. The minimum atomic E-state index is -1.03. The number of benzene rings is 3. The molecule has 4 amide bonds. The second-order valence-corrected chi connectivity index (χ2v) is 12.2. The van der Waals surface area contributed by atoms with Crippen molar-refractivity contribution in [1.82, 2.24) is 25.8 Å². The van der Waals surface area contributed by atoms with E-state index < -0.39 is 24.1 Å². The van der Waals surface area contributed by atoms with Gasteiger partial charge in [-0.25, -0.2) is 4.79 Å². The zero-order chi connectivity index (χ0) is 32.5. The molecule has 10 nitrogen and oxygen atoms in total. The lowest BCUT2D eigenvalue weighted by molar-refractivity contribution is -0.143. The van der Waals surface area contributed by atoms with Gasteiger partial charge in [0.2, 0.25) is 17.7 Å². The number of aromatic amines is 1. The van der Waals surface area contributed by atoms with Crippen molar-refractivity contribution in [3.05, 3.63) is 108 Å². The molecule has 0 spiro atoms. The Morgan fingerprint density at radius 2 is 1.57 bits per heavy atom. The minimum absolute atomic E-state index is 0.0454. The zero-order valence-electron chi connectivity index (χ0n) is 26.2. The lowest BCUT2D eigenvalue weighted by atomic mass is 9.99. The number of aromatic nitrogens is 1. The molecule has 0 radical (unpaired) electrons. The van der Waals surface area contributed by atoms with E-state index in [0.29, 0.717) is 19.4 Å². The number of para-hydroxylation sites is 1. The first-order valence-electron chi connectivity index (χ1n) is 15.7. The van der Waals surface area contributed by atoms with Crippen LogP contribution in [0.25, 0.3) is 10.9 Å². The van der Waals surface area contributed by atoms with Crippen molar-refractivity contribution in [1.29, 1.82) is 0 Å². The molecule has 10 heteroatoms. The number of ether oxygens (including phenoxy) is 1. The van der Waals surface area contributed by atoms with Crippen LogP contribution in [0, 0.1) is 5.92 Å². The third kappa shape index (κ3) is 8.74. The lowest BCUT2D eigenvalue weighted by Gasteiger charge is -2.36. The fourth-order valence-electron chi connectivity index (χ4n) is 5.83. The molecule has 5 rings (SSSR count). The number of carbonyl (C=O) groups excluding carboxylic acids is 4. The van der Waals surface area contributed by atoms with Crippen molar-refractivity contribution < 1.29 is 23.9 Å². The average molecular weight is 624 g/mol. The molecule has 3 aromatic carbocycles. The smallest absolute Gasteiger partial charge is 0.408 e. The summed E-state index contributed by atoms with van der Waals surface area (Å²) in [6, 6.07) is 24.6. The molecule has 46 heavy (non-hydrogen) atoms. The van der Waals surface area contributed by atoms with E-state index in [0.717, 1.165) is 27.6 Å². The summed E-state index contributed by atoms with van der Waals surface area (Å²) in [7, 11) is 0. The van der Waals surface area contributed by atoms with Crippen molar-refractivity contribution in [3.63, 3.8) is 0 Å². The Bertz CT molecular complexity index is 1640. The van der Waals surface area contributed by atoms with Crippen LogP contribution >= 0.6 is 0 Å². The molecule has 0 aliphatic carbocycles. The van der Waals surface area contributed by atoms with Crippen LogP contribution in [-0.4, -0.2) is 64.9 Å². The number of fused-ring (bicyclic) bond motifs is 1. The topological polar surface area (TPSA) is 133 Å². The maximum absolute atomic E-state index is 13.9. The Hall–Kier alpha value is -5.12. The van der Waals surface area contributed by atoms with E-state index in [1.165, 1.54) is 4.90 Å². The van der Waals surface area contributed by atoms with E-state index in [2.05, 4.69) is 20.9 Å². The standard InChI is InChI=1S/C36H41N5O5/c1-24(2)17-32(35(44)41-21-28(38-33(42)22-41)18-25-11-5-3-6-12-25)39-34(43)31(19-27-20-37-30-16-10-9-15-29(27)30)40-36(45)46-23-26-13-7-4-8-14-26/h3-16,20,24,28,31-32,37H,17-19,21-23H2,1-2H3,(H,38,42)(H,39,43)(H,40,45)/t28-,31+,32+/m1/s1. The van der Waals surface area contributed by atoms with Crippen molar-refractivity contribution in [2.75, 3.05) is 13.1 Å². The fourth-order valence-corrected chi connectivity index (χ4v) is 5.83. The Morgan fingerprint density at radius 3 is 2.28 bits per heavy atom. The van der Waals surface area contributed by atoms with Crippen LogP contribution in [-0.2, 0) is 38.6 Å². The van der Waals surface area contributed by atoms with E-state index >= 15 is 0 Å². The highest BCUT2D eigenvalue weighted by Gasteiger charge is 2.35. The Labute approximate surface area is 268 Å². The molecule has 1 saturated heterocycles. The van der Waals surface area contributed by atoms with Crippen LogP contribution in [0.2, 0.25) is 0 Å². The second-order valence-electron chi connectivity index (χ2n) is 12.2. The highest BCUT2D eigenvalue weighted by Crippen LogP contribution is 2.20. The van der Waals surface area contributed by atoms with Crippen LogP contribution < -0.4 is 16.0 Å². The number of hydrogen-bond acceptors (Lipinski definition) is 5. The van der Waals surface area contributed by atoms with Gasteiger partial charge in [-0.15, -0.1) is 0 Å². The average Bonchev–Trinajstić information content (AvgIpc) is 3.46. The van der Waals surface area contributed by atoms with Gasteiger partial charge in [-0.2, -0.15) is 0 Å². The fraction of sp³-hybridized carbons (Fsp3) is 0.333. The third-order valence-electron chi connectivity index (χ3n) is 8.02. The number of alkyl carbamates (subject to hydrolysis) is 1. The number of amides is 4. The summed E-state index contributed by atoms with van der Waals surface area (Å²) in [6.07, 6.45) is 2.19. The lowest BCUT2D eigenvalue weighted by Crippen LogP contribution is -2.61. The predicted molar refractivity (Wildman–Crippen MR) is 176 cm³/mol. The number of rotatable bonds is 12. The van der Waals surface area contributed by atoms with Crippen LogP contribution in [0.15, 0.2) is 91.1 Å². The first-order chi connectivity index (χ1) is 22.2. The number of carbonyl (C=O) groups is 4. The molecule has 4 aromatic rings. The van der Waals surface area contributed by atoms with Crippen LogP contribution in [0.5, 0.6) is 0 Å². The van der Waals surface area contributed by atoms with Crippen molar-refractivity contribution in [2.45, 2.75) is 57.8 Å². The van der Waals surface area contributed by atoms with Gasteiger partial charge in [0.05, 0.1) is 12.6 Å². The third-order valence-corrected chi connectivity index (χ3v) is 8.02. The molecule has 4 N–H and O–H groups in total. The normalized spacial score (nSPS) is 16.0. The van der Waals surface area contributed by atoms with Gasteiger partial charge in [-0.1, -0.05) is 92.7 Å². The number of hydrogen-bond donors (Lipinski definition) is 4. The number of H-pyrrole nitrogens is 1. The molecule has 1 aromatic heterocycles. The van der Waals surface area contributed by atoms with Gasteiger partial charge in [0.25, 0.3) is 0 Å². The van der Waals surface area contributed by atoms with Gasteiger partial charge >= 0.3 is 6.09 Å². The quantitative estimate of drug-likeness (QED) is 0.189. The summed E-state index contributed by atoms with van der Waals surface area (Å²) in [5, 5.41) is 9.57. The van der Waals surface area contributed by atoms with Gasteiger partial charge in [-0.05, 0) is 41.5 Å². The molecule has 2 heterocycles. The highest BCUT2D eigenvalue weighted by atomic mass is 16.5. The summed E-state index contributed by atoms with van der Waals surface area (Å²) < 4.78 is 5.44. The molecule has 0 bridgehead atoms. The largest absolute Gasteiger partial charge is 0.445 e. The molecule has 0 unspecified atom stereocenters. The Balaban J connectivity index is 1.31. The molecule has 1 aliphatic heterocycles. The molecule has 1 fully saturated rings. The summed E-state index contributed by atoms with van der Waals surface area (Å²) >= 11 is 0. The maximum Gasteiger partial charge on any atom is 0.408 e. The van der Waals surface area contributed by atoms with Crippen LogP contribution in [0.3, 0.4) is 0 Å². The molecule has 240 valence electrons. The van der Waals surface area contributed by atoms with Gasteiger partial charge in [0.1, 0.15) is 18.7 Å². The summed E-state index contributed by atoms with van der Waals surface area (Å²) in [4.78, 5) is 58.2. The SMILES string of the molecule is CC(C)C[C@H](NC(=O)[C@H](Cc1c[nH]c2ccccc12)NC(=O)OCc1ccccc1)C(=O)N1CC(=O)N[C@H](Cc2ccccc2)C1. The van der Waals surface area contributed by atoms with E-state index in [9.17, 15) is 19.2 Å². The summed E-state index contributed by atoms with van der Waals surface area (Å²) in [6.45, 7) is 4.22. The zero-order valence-corrected chi connectivity index (χ0v) is 26.2. The Morgan fingerprint density at radius 1 is 0.891 bits per heavy atom. The van der Waals surface area contributed by atoms with Gasteiger partial charge in [0, 0.05) is 30.1 Å².